The molecule has 2 fully saturated rings. The van der Waals surface area contributed by atoms with Gasteiger partial charge in [-0.1, -0.05) is 12.1 Å². The van der Waals surface area contributed by atoms with E-state index in [2.05, 4.69) is 5.16 Å². The van der Waals surface area contributed by atoms with Gasteiger partial charge in [0, 0.05) is 31.7 Å². The lowest BCUT2D eigenvalue weighted by Crippen LogP contribution is -2.57. The third-order valence-corrected chi connectivity index (χ3v) is 6.63. The molecule has 0 saturated carbocycles. The van der Waals surface area contributed by atoms with E-state index in [9.17, 15) is 18.0 Å². The number of aryl methyl sites for hydroxylation is 1. The first-order chi connectivity index (χ1) is 12.6. The summed E-state index contributed by atoms with van der Waals surface area (Å²) in [6, 6.07) is 1.31. The number of rotatable bonds is 5. The van der Waals surface area contributed by atoms with E-state index in [4.69, 9.17) is 4.52 Å². The molecular formula is C17H26N4O5S. The molecule has 0 radical (unpaired) electrons. The first-order valence-corrected chi connectivity index (χ1v) is 10.9. The maximum atomic E-state index is 13.1. The monoisotopic (exact) mass is 398 g/mol. The fourth-order valence-electron chi connectivity index (χ4n) is 4.21. The molecule has 1 aromatic rings. The molecule has 0 bridgehead atoms. The number of carbonyl (C=O) groups excluding carboxylic acids is 2. The molecule has 3 rings (SSSR count). The van der Waals surface area contributed by atoms with Crippen molar-refractivity contribution in [3.05, 3.63) is 17.5 Å². The van der Waals surface area contributed by atoms with E-state index in [-0.39, 0.29) is 42.9 Å². The summed E-state index contributed by atoms with van der Waals surface area (Å²) in [6.07, 6.45) is 2.23. The number of hydrogen-bond donors (Lipinski definition) is 0. The van der Waals surface area contributed by atoms with Crippen molar-refractivity contribution in [3.8, 4) is 0 Å². The van der Waals surface area contributed by atoms with Crippen LogP contribution in [0.15, 0.2) is 10.6 Å². The van der Waals surface area contributed by atoms with Gasteiger partial charge in [0.25, 0.3) is 0 Å². The number of amides is 2. The quantitative estimate of drug-likeness (QED) is 0.702. The fraction of sp³-hybridized carbons (Fsp3) is 0.706. The summed E-state index contributed by atoms with van der Waals surface area (Å²) < 4.78 is 30.0. The molecule has 0 unspecified atom stereocenters. The number of carbonyl (C=O) groups is 2. The molecule has 1 aromatic heterocycles. The maximum Gasteiger partial charge on any atom is 0.238 e. The Hall–Kier alpha value is -1.94. The normalized spacial score (nSPS) is 26.3. The molecule has 0 spiro atoms. The zero-order chi connectivity index (χ0) is 19.9. The van der Waals surface area contributed by atoms with Gasteiger partial charge < -0.3 is 14.3 Å². The Morgan fingerprint density at radius 3 is 2.70 bits per heavy atom. The van der Waals surface area contributed by atoms with Gasteiger partial charge in [0.1, 0.15) is 11.5 Å². The lowest BCUT2D eigenvalue weighted by molar-refractivity contribution is -0.140. The third-order valence-electron chi connectivity index (χ3n) is 5.41. The van der Waals surface area contributed by atoms with Crippen molar-refractivity contribution in [2.24, 2.45) is 5.92 Å². The molecule has 10 heteroatoms. The standard InChI is InChI=1S/C17H26N4O5S/c1-5-15-14(17(23)19(3)8-12-6-11(2)26-18-12)7-13-9-20(27(4,24)25)10-16(22)21(13)15/h6,13-15H,5,7-10H2,1-4H3/t13-,14-,15-/m1/s1. The molecule has 3 heterocycles. The molecule has 2 amide bonds. The van der Waals surface area contributed by atoms with Gasteiger partial charge in [-0.3, -0.25) is 9.59 Å². The highest BCUT2D eigenvalue weighted by Gasteiger charge is 2.50. The SMILES string of the molecule is CC[C@@H]1[C@H](C(=O)N(C)Cc2cc(C)on2)C[C@@H]2CN(S(C)(=O)=O)CC(=O)N21. The van der Waals surface area contributed by atoms with Gasteiger partial charge in [-0.25, -0.2) is 8.42 Å². The summed E-state index contributed by atoms with van der Waals surface area (Å²) in [7, 11) is -1.73. The highest BCUT2D eigenvalue weighted by molar-refractivity contribution is 7.88. The van der Waals surface area contributed by atoms with Crippen LogP contribution in [-0.4, -0.2) is 78.0 Å². The van der Waals surface area contributed by atoms with Crippen molar-refractivity contribution in [2.75, 3.05) is 26.4 Å². The molecule has 150 valence electrons. The smallest absolute Gasteiger partial charge is 0.238 e. The van der Waals surface area contributed by atoms with E-state index in [0.717, 1.165) is 6.26 Å². The van der Waals surface area contributed by atoms with Crippen LogP contribution in [0.2, 0.25) is 0 Å². The summed E-state index contributed by atoms with van der Waals surface area (Å²) in [5, 5.41) is 3.92. The van der Waals surface area contributed by atoms with Gasteiger partial charge in [0.2, 0.25) is 21.8 Å². The Morgan fingerprint density at radius 1 is 1.44 bits per heavy atom. The predicted molar refractivity (Wildman–Crippen MR) is 97.0 cm³/mol. The summed E-state index contributed by atoms with van der Waals surface area (Å²) in [6.45, 7) is 4.17. The van der Waals surface area contributed by atoms with Gasteiger partial charge in [-0.2, -0.15) is 4.31 Å². The molecule has 9 nitrogen and oxygen atoms in total. The summed E-state index contributed by atoms with van der Waals surface area (Å²) in [5.41, 5.74) is 0.673. The highest BCUT2D eigenvalue weighted by atomic mass is 32.2. The van der Waals surface area contributed by atoms with E-state index in [1.165, 1.54) is 4.31 Å². The van der Waals surface area contributed by atoms with E-state index in [0.29, 0.717) is 30.8 Å². The molecule has 2 aliphatic heterocycles. The average Bonchev–Trinajstić information content (AvgIpc) is 3.16. The lowest BCUT2D eigenvalue weighted by Gasteiger charge is -2.38. The Bertz CT molecular complexity index is 836. The number of aromatic nitrogens is 1. The molecule has 0 aromatic carbocycles. The van der Waals surface area contributed by atoms with Crippen molar-refractivity contribution in [1.82, 2.24) is 19.3 Å². The Balaban J connectivity index is 1.76. The molecule has 2 saturated heterocycles. The Kier molecular flexibility index (Phi) is 5.31. The molecule has 3 atom stereocenters. The number of nitrogens with zero attached hydrogens (tertiary/aromatic N) is 4. The fourth-order valence-corrected chi connectivity index (χ4v) is 5.00. The van der Waals surface area contributed by atoms with Gasteiger partial charge in [-0.15, -0.1) is 0 Å². The van der Waals surface area contributed by atoms with Crippen LogP contribution in [0.25, 0.3) is 0 Å². The van der Waals surface area contributed by atoms with E-state index < -0.39 is 10.0 Å². The first-order valence-electron chi connectivity index (χ1n) is 9.05. The van der Waals surface area contributed by atoms with Gasteiger partial charge in [0.05, 0.1) is 25.3 Å². The Labute approximate surface area is 159 Å². The van der Waals surface area contributed by atoms with Crippen molar-refractivity contribution in [2.45, 2.75) is 45.3 Å². The van der Waals surface area contributed by atoms with Gasteiger partial charge in [-0.05, 0) is 19.8 Å². The number of hydrogen-bond acceptors (Lipinski definition) is 6. The summed E-state index contributed by atoms with van der Waals surface area (Å²) in [5.74, 6) is 0.0485. The van der Waals surface area contributed by atoms with Crippen molar-refractivity contribution in [1.29, 1.82) is 0 Å². The van der Waals surface area contributed by atoms with Crippen LogP contribution in [0.4, 0.5) is 0 Å². The third kappa shape index (κ3) is 3.86. The molecule has 0 aliphatic carbocycles. The number of sulfonamides is 1. The second-order valence-electron chi connectivity index (χ2n) is 7.45. The summed E-state index contributed by atoms with van der Waals surface area (Å²) >= 11 is 0. The highest BCUT2D eigenvalue weighted by Crippen LogP contribution is 2.36. The van der Waals surface area contributed by atoms with Gasteiger partial charge >= 0.3 is 0 Å². The zero-order valence-corrected chi connectivity index (χ0v) is 16.9. The maximum absolute atomic E-state index is 13.1. The minimum atomic E-state index is -3.44. The number of fused-ring (bicyclic) bond motifs is 1. The molecule has 0 N–H and O–H groups in total. The lowest BCUT2D eigenvalue weighted by atomic mass is 9.95. The van der Waals surface area contributed by atoms with E-state index >= 15 is 0 Å². The first kappa shape index (κ1) is 19.8. The van der Waals surface area contributed by atoms with Gasteiger partial charge in [0.15, 0.2) is 0 Å². The predicted octanol–water partition coefficient (Wildman–Crippen LogP) is 0.212. The molecule has 2 aliphatic rings. The van der Waals surface area contributed by atoms with E-state index in [1.807, 2.05) is 6.92 Å². The minimum absolute atomic E-state index is 0.0596. The summed E-state index contributed by atoms with van der Waals surface area (Å²) in [4.78, 5) is 29.0. The number of piperazine rings is 1. The van der Waals surface area contributed by atoms with Crippen LogP contribution in [-0.2, 0) is 26.2 Å². The minimum Gasteiger partial charge on any atom is -0.361 e. The van der Waals surface area contributed by atoms with Crippen molar-refractivity contribution < 1.29 is 22.5 Å². The van der Waals surface area contributed by atoms with E-state index in [1.54, 1.807) is 29.8 Å². The molecular weight excluding hydrogens is 372 g/mol. The van der Waals surface area contributed by atoms with Crippen LogP contribution in [0.3, 0.4) is 0 Å². The van der Waals surface area contributed by atoms with Crippen LogP contribution in [0, 0.1) is 12.8 Å². The van der Waals surface area contributed by atoms with Crippen LogP contribution < -0.4 is 0 Å². The topological polar surface area (TPSA) is 104 Å². The largest absolute Gasteiger partial charge is 0.361 e. The van der Waals surface area contributed by atoms with Crippen LogP contribution in [0.1, 0.15) is 31.2 Å². The van der Waals surface area contributed by atoms with Crippen molar-refractivity contribution in [3.63, 3.8) is 0 Å². The second kappa shape index (κ2) is 7.23. The molecule has 27 heavy (non-hydrogen) atoms. The zero-order valence-electron chi connectivity index (χ0n) is 16.1. The van der Waals surface area contributed by atoms with Crippen LogP contribution in [0.5, 0.6) is 0 Å². The van der Waals surface area contributed by atoms with Crippen molar-refractivity contribution >= 4 is 21.8 Å². The average molecular weight is 398 g/mol. The van der Waals surface area contributed by atoms with Crippen LogP contribution >= 0.6 is 0 Å². The second-order valence-corrected chi connectivity index (χ2v) is 9.43. The Morgan fingerprint density at radius 2 is 2.15 bits per heavy atom.